The molecule has 4 N–H and O–H groups in total. The molecule has 0 unspecified atom stereocenters. The molecule has 22 heavy (non-hydrogen) atoms. The summed E-state index contributed by atoms with van der Waals surface area (Å²) in [7, 11) is 0. The van der Waals surface area contributed by atoms with Crippen molar-refractivity contribution in [1.82, 2.24) is 0 Å². The third kappa shape index (κ3) is 2.49. The molecule has 1 aliphatic rings. The molecular formula is C16H17BN2O3. The Morgan fingerprint density at radius 1 is 1.05 bits per heavy atom. The Labute approximate surface area is 128 Å². The molecule has 1 saturated heterocycles. The van der Waals surface area contributed by atoms with Gasteiger partial charge in [0.25, 0.3) is 0 Å². The summed E-state index contributed by atoms with van der Waals surface area (Å²) in [6.45, 7) is -1.78. The summed E-state index contributed by atoms with van der Waals surface area (Å²) in [5.41, 5.74) is 7.06. The lowest BCUT2D eigenvalue weighted by atomic mass is 9.42. The van der Waals surface area contributed by atoms with E-state index in [9.17, 15) is 9.59 Å². The van der Waals surface area contributed by atoms with Crippen LogP contribution >= 0.6 is 0 Å². The second kappa shape index (κ2) is 5.65. The van der Waals surface area contributed by atoms with Gasteiger partial charge >= 0.3 is 12.5 Å². The highest BCUT2D eigenvalue weighted by molar-refractivity contribution is 6.92. The minimum absolute atomic E-state index is 0.0258. The molecule has 0 radical (unpaired) electrons. The topological polar surface area (TPSA) is 86.0 Å². The average molecular weight is 296 g/mol. The van der Waals surface area contributed by atoms with Gasteiger partial charge in [-0.25, -0.2) is 4.79 Å². The first-order valence-electron chi connectivity index (χ1n) is 7.25. The molecule has 1 aliphatic heterocycles. The van der Waals surface area contributed by atoms with E-state index in [1.54, 1.807) is 0 Å². The monoisotopic (exact) mass is 296 g/mol. The van der Waals surface area contributed by atoms with Gasteiger partial charge in [-0.05, 0) is 0 Å². The fourth-order valence-corrected chi connectivity index (χ4v) is 3.11. The van der Waals surface area contributed by atoms with Crippen LogP contribution in [-0.2, 0) is 14.2 Å². The van der Waals surface area contributed by atoms with Crippen molar-refractivity contribution >= 4 is 29.3 Å². The minimum atomic E-state index is -1.78. The van der Waals surface area contributed by atoms with Crippen LogP contribution in [0.1, 0.15) is 6.42 Å². The van der Waals surface area contributed by atoms with Gasteiger partial charge in [0, 0.05) is 0 Å². The van der Waals surface area contributed by atoms with Crippen molar-refractivity contribution in [2.75, 3.05) is 0 Å². The van der Waals surface area contributed by atoms with Crippen LogP contribution in [0.15, 0.2) is 60.7 Å². The van der Waals surface area contributed by atoms with Gasteiger partial charge in [0.2, 0.25) is 5.91 Å². The zero-order chi connectivity index (χ0) is 15.6. The number of amides is 1. The van der Waals surface area contributed by atoms with Crippen LogP contribution in [0.4, 0.5) is 0 Å². The van der Waals surface area contributed by atoms with E-state index in [0.29, 0.717) is 0 Å². The van der Waals surface area contributed by atoms with Crippen LogP contribution in [0.5, 0.6) is 0 Å². The highest BCUT2D eigenvalue weighted by Crippen LogP contribution is 2.09. The number of carbonyl (C=O) groups is 2. The van der Waals surface area contributed by atoms with E-state index in [1.165, 1.54) is 0 Å². The van der Waals surface area contributed by atoms with Gasteiger partial charge in [-0.1, -0.05) is 71.6 Å². The van der Waals surface area contributed by atoms with Gasteiger partial charge in [0.15, 0.2) is 6.04 Å². The fourth-order valence-electron chi connectivity index (χ4n) is 3.11. The predicted octanol–water partition coefficient (Wildman–Crippen LogP) is -1.39. The van der Waals surface area contributed by atoms with Crippen molar-refractivity contribution in [2.24, 2.45) is 5.73 Å². The second-order valence-electron chi connectivity index (χ2n) is 5.58. The summed E-state index contributed by atoms with van der Waals surface area (Å²) in [6.07, 6.45) is -0.0258. The molecule has 0 saturated carbocycles. The van der Waals surface area contributed by atoms with E-state index in [2.05, 4.69) is 0 Å². The summed E-state index contributed by atoms with van der Waals surface area (Å²) in [6, 6.07) is 18.6. The second-order valence-corrected chi connectivity index (χ2v) is 5.58. The highest BCUT2D eigenvalue weighted by Gasteiger charge is 2.50. The van der Waals surface area contributed by atoms with Crippen LogP contribution in [0.25, 0.3) is 0 Å². The molecule has 0 spiro atoms. The molecule has 0 aromatic heterocycles. The lowest BCUT2D eigenvalue weighted by Gasteiger charge is -2.31. The zero-order valence-corrected chi connectivity index (χ0v) is 12.0. The first-order valence-corrected chi connectivity index (χ1v) is 7.25. The lowest BCUT2D eigenvalue weighted by molar-refractivity contribution is -0.547. The van der Waals surface area contributed by atoms with Crippen LogP contribution in [0, 0.1) is 0 Å². The number of carbonyl (C=O) groups excluding carboxylic acids is 2. The quantitative estimate of drug-likeness (QED) is 0.681. The van der Waals surface area contributed by atoms with Crippen LogP contribution < -0.4 is 21.9 Å². The van der Waals surface area contributed by atoms with E-state index in [4.69, 9.17) is 10.4 Å². The molecule has 1 amide bonds. The number of quaternary nitrogens is 1. The van der Waals surface area contributed by atoms with Crippen molar-refractivity contribution in [1.29, 1.82) is 0 Å². The maximum atomic E-state index is 12.2. The molecule has 3 rings (SSSR count). The summed E-state index contributed by atoms with van der Waals surface area (Å²) in [5.74, 6) is -0.905. The Bertz CT molecular complexity index is 652. The Balaban J connectivity index is 2.07. The molecule has 0 aliphatic carbocycles. The summed E-state index contributed by atoms with van der Waals surface area (Å²) in [4.78, 5) is 23.4. The summed E-state index contributed by atoms with van der Waals surface area (Å²) < 4.78 is 5.79. The largest absolute Gasteiger partial charge is 0.628 e. The summed E-state index contributed by atoms with van der Waals surface area (Å²) in [5, 5.41) is 1.84. The normalized spacial score (nSPS) is 19.6. The van der Waals surface area contributed by atoms with E-state index in [1.807, 2.05) is 65.9 Å². The minimum Gasteiger partial charge on any atom is -0.628 e. The number of nitrogens with two attached hydrogens (primary N) is 2. The number of rotatable bonds is 4. The van der Waals surface area contributed by atoms with Gasteiger partial charge in [-0.2, -0.15) is 0 Å². The first-order chi connectivity index (χ1) is 10.6. The molecule has 5 nitrogen and oxygen atoms in total. The number of primary amides is 1. The van der Waals surface area contributed by atoms with Crippen molar-refractivity contribution in [2.45, 2.75) is 12.5 Å². The van der Waals surface area contributed by atoms with Gasteiger partial charge in [-0.3, -0.25) is 4.79 Å². The Kier molecular flexibility index (Phi) is 3.69. The lowest BCUT2D eigenvalue weighted by Crippen LogP contribution is -3.07. The summed E-state index contributed by atoms with van der Waals surface area (Å²) >= 11 is 0. The Morgan fingerprint density at radius 3 is 2.00 bits per heavy atom. The predicted molar refractivity (Wildman–Crippen MR) is 83.5 cm³/mol. The van der Waals surface area contributed by atoms with E-state index >= 15 is 0 Å². The molecule has 1 fully saturated rings. The molecule has 0 bridgehead atoms. The smallest absolute Gasteiger partial charge is 0.441 e. The van der Waals surface area contributed by atoms with Crippen LogP contribution in [0.2, 0.25) is 0 Å². The number of hydrogen-bond donors (Lipinski definition) is 2. The number of benzene rings is 2. The molecule has 6 heteroatoms. The van der Waals surface area contributed by atoms with Crippen molar-refractivity contribution in [3.8, 4) is 0 Å². The maximum absolute atomic E-state index is 12.2. The molecule has 1 heterocycles. The third-order valence-corrected chi connectivity index (χ3v) is 4.12. The van der Waals surface area contributed by atoms with Crippen LogP contribution in [-0.4, -0.2) is 24.4 Å². The van der Waals surface area contributed by atoms with E-state index in [0.717, 1.165) is 10.9 Å². The highest BCUT2D eigenvalue weighted by atomic mass is 16.5. The average Bonchev–Trinajstić information content (AvgIpc) is 2.86. The molecule has 1 atom stereocenters. The SMILES string of the molecule is NC(=O)C[C@@H]1[NH2+][B-](c2ccccc2)(c2ccccc2)OC1=O. The van der Waals surface area contributed by atoms with Gasteiger partial charge in [0.1, 0.15) is 0 Å². The van der Waals surface area contributed by atoms with Gasteiger partial charge in [-0.15, -0.1) is 0 Å². The Morgan fingerprint density at radius 2 is 1.55 bits per heavy atom. The third-order valence-electron chi connectivity index (χ3n) is 4.12. The van der Waals surface area contributed by atoms with Crippen molar-refractivity contribution in [3.05, 3.63) is 60.7 Å². The molecular weight excluding hydrogens is 279 g/mol. The molecule has 2 aromatic carbocycles. The van der Waals surface area contributed by atoms with Crippen LogP contribution in [0.3, 0.4) is 0 Å². The Hall–Kier alpha value is -2.60. The molecule has 2 aromatic rings. The van der Waals surface area contributed by atoms with Gasteiger partial charge in [0.05, 0.1) is 6.42 Å². The molecule has 112 valence electrons. The standard InChI is InChI=1S/C16H17BN2O3/c18-15(20)11-14-16(21)22-17(19-14,12-7-3-1-4-8-12)13-9-5-2-6-10-13/h1-10,14H,11,19H2,(H2,18,20)/t14-/m0/s1. The maximum Gasteiger partial charge on any atom is 0.441 e. The van der Waals surface area contributed by atoms with Crippen molar-refractivity contribution < 1.29 is 19.5 Å². The zero-order valence-electron chi connectivity index (χ0n) is 12.0. The van der Waals surface area contributed by atoms with Gasteiger partial charge < -0.3 is 15.6 Å². The van der Waals surface area contributed by atoms with Crippen molar-refractivity contribution in [3.63, 3.8) is 0 Å². The van der Waals surface area contributed by atoms with E-state index in [-0.39, 0.29) is 6.42 Å². The first kappa shape index (κ1) is 14.3. The van der Waals surface area contributed by atoms with E-state index < -0.39 is 24.4 Å². The fraction of sp³-hybridized carbons (Fsp3) is 0.125. The number of hydrogen-bond acceptors (Lipinski definition) is 3.